The summed E-state index contributed by atoms with van der Waals surface area (Å²) in [6.07, 6.45) is 2.17. The molecule has 0 unspecified atom stereocenters. The zero-order valence-electron chi connectivity index (χ0n) is 10.6. The Hall–Kier alpha value is -1.27. The van der Waals surface area contributed by atoms with Crippen LogP contribution in [0, 0.1) is 13.8 Å². The van der Waals surface area contributed by atoms with Gasteiger partial charge in [0.25, 0.3) is 5.89 Å². The minimum atomic E-state index is 0.429. The van der Waals surface area contributed by atoms with Crippen LogP contribution in [0.4, 0.5) is 0 Å². The van der Waals surface area contributed by atoms with Gasteiger partial charge in [0, 0.05) is 5.92 Å². The highest BCUT2D eigenvalue weighted by Gasteiger charge is 2.22. The van der Waals surface area contributed by atoms with Crippen molar-refractivity contribution in [3.63, 3.8) is 0 Å². The largest absolute Gasteiger partial charge is 0.333 e. The number of nitrogens with zero attached hydrogens (tertiary/aromatic N) is 3. The van der Waals surface area contributed by atoms with Crippen molar-refractivity contribution in [1.82, 2.24) is 20.4 Å². The van der Waals surface area contributed by atoms with E-state index in [2.05, 4.69) is 20.4 Å². The average Bonchev–Trinajstić information content (AvgIpc) is 2.97. The number of aryl methyl sites for hydroxylation is 2. The Labute approximate surface area is 110 Å². The van der Waals surface area contributed by atoms with Crippen molar-refractivity contribution >= 4 is 11.3 Å². The minimum absolute atomic E-state index is 0.429. The molecule has 1 saturated heterocycles. The predicted octanol–water partition coefficient (Wildman–Crippen LogP) is 2.28. The number of piperidine rings is 1. The van der Waals surface area contributed by atoms with Crippen LogP contribution in [-0.2, 0) is 0 Å². The molecule has 3 heterocycles. The van der Waals surface area contributed by atoms with Crippen molar-refractivity contribution in [3.8, 4) is 10.8 Å². The molecule has 2 aromatic rings. The third-order valence-electron chi connectivity index (χ3n) is 3.24. The molecule has 0 aliphatic carbocycles. The second kappa shape index (κ2) is 4.78. The molecule has 0 amide bonds. The average molecular weight is 264 g/mol. The Kier molecular flexibility index (Phi) is 3.13. The molecule has 1 aliphatic heterocycles. The van der Waals surface area contributed by atoms with Crippen LogP contribution in [-0.4, -0.2) is 28.2 Å². The number of thiazole rings is 1. The van der Waals surface area contributed by atoms with E-state index in [-0.39, 0.29) is 0 Å². The van der Waals surface area contributed by atoms with E-state index in [4.69, 9.17) is 4.52 Å². The lowest BCUT2D eigenvalue weighted by molar-refractivity contribution is 0.392. The van der Waals surface area contributed by atoms with Crippen LogP contribution in [0.5, 0.6) is 0 Å². The van der Waals surface area contributed by atoms with Gasteiger partial charge in [0.1, 0.15) is 4.88 Å². The lowest BCUT2D eigenvalue weighted by Crippen LogP contribution is -2.27. The molecule has 96 valence electrons. The van der Waals surface area contributed by atoms with Gasteiger partial charge in [-0.05, 0) is 39.8 Å². The molecule has 0 saturated carbocycles. The van der Waals surface area contributed by atoms with Crippen LogP contribution in [0.15, 0.2) is 4.52 Å². The van der Waals surface area contributed by atoms with Gasteiger partial charge in [0.2, 0.25) is 0 Å². The number of hydrogen-bond donors (Lipinski definition) is 1. The van der Waals surface area contributed by atoms with E-state index in [0.29, 0.717) is 11.8 Å². The molecule has 0 bridgehead atoms. The summed E-state index contributed by atoms with van der Waals surface area (Å²) >= 11 is 1.61. The van der Waals surface area contributed by atoms with Crippen LogP contribution in [0.25, 0.3) is 10.8 Å². The first-order chi connectivity index (χ1) is 8.74. The standard InChI is InChI=1S/C12H16N4OS/c1-7-10(18-8(2)14-7)12-15-11(16-17-12)9-3-5-13-6-4-9/h9,13H,3-6H2,1-2H3. The van der Waals surface area contributed by atoms with Crippen molar-refractivity contribution in [2.45, 2.75) is 32.6 Å². The van der Waals surface area contributed by atoms with E-state index in [1.807, 2.05) is 13.8 Å². The topological polar surface area (TPSA) is 63.8 Å². The van der Waals surface area contributed by atoms with Crippen molar-refractivity contribution < 1.29 is 4.52 Å². The van der Waals surface area contributed by atoms with Crippen LogP contribution in [0.1, 0.15) is 35.3 Å². The summed E-state index contributed by atoms with van der Waals surface area (Å²) < 4.78 is 5.39. The zero-order chi connectivity index (χ0) is 12.5. The van der Waals surface area contributed by atoms with Crippen molar-refractivity contribution in [2.24, 2.45) is 0 Å². The van der Waals surface area contributed by atoms with Crippen molar-refractivity contribution in [3.05, 3.63) is 16.5 Å². The Morgan fingerprint density at radius 3 is 2.67 bits per heavy atom. The molecule has 18 heavy (non-hydrogen) atoms. The smallest absolute Gasteiger partial charge is 0.269 e. The Bertz CT molecular complexity index is 542. The van der Waals surface area contributed by atoms with Gasteiger partial charge < -0.3 is 9.84 Å². The molecule has 1 N–H and O–H groups in total. The van der Waals surface area contributed by atoms with E-state index < -0.39 is 0 Å². The fraction of sp³-hybridized carbons (Fsp3) is 0.583. The Morgan fingerprint density at radius 1 is 1.22 bits per heavy atom. The molecule has 6 heteroatoms. The van der Waals surface area contributed by atoms with E-state index in [9.17, 15) is 0 Å². The summed E-state index contributed by atoms with van der Waals surface area (Å²) in [5.74, 6) is 1.89. The lowest BCUT2D eigenvalue weighted by Gasteiger charge is -2.18. The van der Waals surface area contributed by atoms with Crippen LogP contribution in [0.3, 0.4) is 0 Å². The predicted molar refractivity (Wildman–Crippen MR) is 69.7 cm³/mol. The molecule has 5 nitrogen and oxygen atoms in total. The summed E-state index contributed by atoms with van der Waals surface area (Å²) in [6, 6.07) is 0. The van der Waals surface area contributed by atoms with Gasteiger partial charge in [-0.1, -0.05) is 5.16 Å². The van der Waals surface area contributed by atoms with E-state index >= 15 is 0 Å². The molecule has 3 rings (SSSR count). The fourth-order valence-electron chi connectivity index (χ4n) is 2.30. The highest BCUT2D eigenvalue weighted by molar-refractivity contribution is 7.15. The monoisotopic (exact) mass is 264 g/mol. The SMILES string of the molecule is Cc1nc(C)c(-c2nc(C3CCNCC3)no2)s1. The fourth-order valence-corrected chi connectivity index (χ4v) is 3.14. The van der Waals surface area contributed by atoms with Crippen LogP contribution in [0.2, 0.25) is 0 Å². The third-order valence-corrected chi connectivity index (χ3v) is 4.30. The zero-order valence-corrected chi connectivity index (χ0v) is 11.4. The first-order valence-corrected chi connectivity index (χ1v) is 7.04. The Balaban J connectivity index is 1.86. The molecule has 2 aromatic heterocycles. The normalized spacial score (nSPS) is 17.2. The van der Waals surface area contributed by atoms with E-state index in [0.717, 1.165) is 47.3 Å². The minimum Gasteiger partial charge on any atom is -0.333 e. The third kappa shape index (κ3) is 2.18. The summed E-state index contributed by atoms with van der Waals surface area (Å²) in [5, 5.41) is 8.50. The number of aromatic nitrogens is 3. The molecule has 1 fully saturated rings. The van der Waals surface area contributed by atoms with Gasteiger partial charge in [-0.15, -0.1) is 11.3 Å². The highest BCUT2D eigenvalue weighted by Crippen LogP contribution is 2.30. The van der Waals surface area contributed by atoms with E-state index in [1.54, 1.807) is 11.3 Å². The second-order valence-corrected chi connectivity index (χ2v) is 5.83. The second-order valence-electron chi connectivity index (χ2n) is 4.63. The summed E-state index contributed by atoms with van der Waals surface area (Å²) in [4.78, 5) is 9.93. The summed E-state index contributed by atoms with van der Waals surface area (Å²) in [6.45, 7) is 6.04. The lowest BCUT2D eigenvalue weighted by atomic mass is 9.98. The molecule has 0 aromatic carbocycles. The number of hydrogen-bond acceptors (Lipinski definition) is 6. The molecule has 1 aliphatic rings. The summed E-state index contributed by atoms with van der Waals surface area (Å²) in [5.41, 5.74) is 0.970. The number of rotatable bonds is 2. The quantitative estimate of drug-likeness (QED) is 0.901. The maximum absolute atomic E-state index is 5.39. The highest BCUT2D eigenvalue weighted by atomic mass is 32.1. The van der Waals surface area contributed by atoms with Gasteiger partial charge >= 0.3 is 0 Å². The van der Waals surface area contributed by atoms with Gasteiger partial charge in [-0.25, -0.2) is 4.98 Å². The molecular formula is C12H16N4OS. The van der Waals surface area contributed by atoms with Crippen LogP contribution < -0.4 is 5.32 Å². The maximum atomic E-state index is 5.39. The van der Waals surface area contributed by atoms with Gasteiger partial charge in [0.15, 0.2) is 5.82 Å². The summed E-state index contributed by atoms with van der Waals surface area (Å²) in [7, 11) is 0. The first kappa shape index (κ1) is 11.8. The van der Waals surface area contributed by atoms with E-state index in [1.165, 1.54) is 0 Å². The Morgan fingerprint density at radius 2 is 2.00 bits per heavy atom. The maximum Gasteiger partial charge on any atom is 0.269 e. The molecule has 0 spiro atoms. The first-order valence-electron chi connectivity index (χ1n) is 6.23. The van der Waals surface area contributed by atoms with Gasteiger partial charge in [-0.3, -0.25) is 0 Å². The van der Waals surface area contributed by atoms with Crippen LogP contribution >= 0.6 is 11.3 Å². The molecular weight excluding hydrogens is 248 g/mol. The van der Waals surface area contributed by atoms with Crippen molar-refractivity contribution in [2.75, 3.05) is 13.1 Å². The van der Waals surface area contributed by atoms with Gasteiger partial charge in [-0.2, -0.15) is 4.98 Å². The molecule has 0 radical (unpaired) electrons. The van der Waals surface area contributed by atoms with Gasteiger partial charge in [0.05, 0.1) is 10.7 Å². The molecule has 0 atom stereocenters. The van der Waals surface area contributed by atoms with Crippen molar-refractivity contribution in [1.29, 1.82) is 0 Å². The number of nitrogens with one attached hydrogen (secondary N) is 1.